The van der Waals surface area contributed by atoms with Crippen LogP contribution in [0, 0.1) is 0 Å². The van der Waals surface area contributed by atoms with Gasteiger partial charge >= 0.3 is 5.97 Å². The lowest BCUT2D eigenvalue weighted by Crippen LogP contribution is -2.54. The van der Waals surface area contributed by atoms with Crippen LogP contribution in [0.25, 0.3) is 11.1 Å². The summed E-state index contributed by atoms with van der Waals surface area (Å²) in [6.07, 6.45) is 7.81. The van der Waals surface area contributed by atoms with Crippen LogP contribution in [0.1, 0.15) is 41.6 Å². The van der Waals surface area contributed by atoms with Crippen molar-refractivity contribution in [2.75, 3.05) is 38.4 Å². The maximum absolute atomic E-state index is 11.9. The van der Waals surface area contributed by atoms with Crippen molar-refractivity contribution < 1.29 is 14.3 Å². The average molecular weight is 438 g/mol. The molecule has 0 amide bonds. The number of piperidine rings is 1. The topological polar surface area (TPSA) is 84.2 Å². The second-order valence-corrected chi connectivity index (χ2v) is 8.85. The zero-order valence-corrected chi connectivity index (χ0v) is 18.6. The number of carbonyl (C=O) groups is 1. The van der Waals surface area contributed by atoms with E-state index in [1.165, 1.54) is 24.6 Å². The number of hydrogen-bond donors (Lipinski definition) is 1. The monoisotopic (exact) mass is 437 g/mol. The molecule has 3 aliphatic rings. The summed E-state index contributed by atoms with van der Waals surface area (Å²) >= 11 is 0. The summed E-state index contributed by atoms with van der Waals surface area (Å²) in [6.45, 7) is 4.67. The molecular weight excluding hydrogens is 406 g/mol. The standard InChI is InChI=1S/C24H31N5O3/c1-31-24(30)19-13-18(14-26-15-19)17-2-3-23-20(12-17)16-28(25)29(23)22-4-8-27(9-5-22)21-6-10-32-11-7-21/h2-3,12-15,21-22H,4-11,16,25H2,1H3. The first kappa shape index (κ1) is 21.3. The minimum atomic E-state index is -0.382. The van der Waals surface area contributed by atoms with Gasteiger partial charge in [-0.15, -0.1) is 0 Å². The quantitative estimate of drug-likeness (QED) is 0.577. The third-order valence-corrected chi connectivity index (χ3v) is 6.98. The molecule has 0 radical (unpaired) electrons. The molecule has 8 heteroatoms. The molecule has 170 valence electrons. The zero-order chi connectivity index (χ0) is 22.1. The van der Waals surface area contributed by atoms with Crippen molar-refractivity contribution in [3.05, 3.63) is 47.8 Å². The predicted molar refractivity (Wildman–Crippen MR) is 122 cm³/mol. The van der Waals surface area contributed by atoms with Crippen LogP contribution in [-0.4, -0.2) is 66.5 Å². The molecule has 2 aromatic rings. The SMILES string of the molecule is COC(=O)c1cncc(-c2ccc3c(c2)CN(N)N3C2CCN(C3CCOCC3)CC2)c1. The number of aromatic nitrogens is 1. The van der Waals surface area contributed by atoms with E-state index in [1.54, 1.807) is 6.20 Å². The lowest BCUT2D eigenvalue weighted by Gasteiger charge is -2.43. The van der Waals surface area contributed by atoms with E-state index in [-0.39, 0.29) is 5.97 Å². The summed E-state index contributed by atoms with van der Waals surface area (Å²) in [6, 6.07) is 9.28. The molecule has 3 aliphatic heterocycles. The van der Waals surface area contributed by atoms with Crippen LogP contribution in [-0.2, 0) is 16.0 Å². The van der Waals surface area contributed by atoms with Crippen molar-refractivity contribution in [3.8, 4) is 11.1 Å². The maximum atomic E-state index is 11.9. The number of benzene rings is 1. The van der Waals surface area contributed by atoms with E-state index in [2.05, 4.69) is 33.1 Å². The number of nitrogens with two attached hydrogens (primary N) is 1. The number of hydrazine groups is 2. The first-order valence-electron chi connectivity index (χ1n) is 11.4. The Morgan fingerprint density at radius 3 is 2.59 bits per heavy atom. The molecule has 2 fully saturated rings. The number of carbonyl (C=O) groups excluding carboxylic acids is 1. The number of likely N-dealkylation sites (tertiary alicyclic amines) is 1. The Labute approximate surface area is 188 Å². The van der Waals surface area contributed by atoms with E-state index >= 15 is 0 Å². The molecule has 8 nitrogen and oxygen atoms in total. The number of pyridine rings is 1. The third kappa shape index (κ3) is 4.11. The van der Waals surface area contributed by atoms with Crippen molar-refractivity contribution >= 4 is 11.7 Å². The highest BCUT2D eigenvalue weighted by Crippen LogP contribution is 2.37. The third-order valence-electron chi connectivity index (χ3n) is 6.98. The average Bonchev–Trinajstić information content (AvgIpc) is 3.19. The van der Waals surface area contributed by atoms with Crippen molar-refractivity contribution in [3.63, 3.8) is 0 Å². The van der Waals surface area contributed by atoms with Crippen LogP contribution in [0.5, 0.6) is 0 Å². The number of anilines is 1. The van der Waals surface area contributed by atoms with Gasteiger partial charge in [-0.05, 0) is 55.0 Å². The molecule has 2 saturated heterocycles. The van der Waals surface area contributed by atoms with Crippen LogP contribution < -0.4 is 10.9 Å². The zero-order valence-electron chi connectivity index (χ0n) is 18.6. The van der Waals surface area contributed by atoms with Gasteiger partial charge in [-0.1, -0.05) is 6.07 Å². The Balaban J connectivity index is 1.31. The molecule has 1 aromatic heterocycles. The smallest absolute Gasteiger partial charge is 0.339 e. The molecule has 0 atom stereocenters. The minimum absolute atomic E-state index is 0.382. The lowest BCUT2D eigenvalue weighted by atomic mass is 9.98. The molecule has 4 heterocycles. The van der Waals surface area contributed by atoms with E-state index in [0.717, 1.165) is 63.1 Å². The van der Waals surface area contributed by atoms with Crippen LogP contribution in [0.2, 0.25) is 0 Å². The molecule has 0 aliphatic carbocycles. The fourth-order valence-corrected chi connectivity index (χ4v) is 5.28. The molecule has 0 bridgehead atoms. The molecule has 5 rings (SSSR count). The number of ether oxygens (including phenoxy) is 2. The van der Waals surface area contributed by atoms with Gasteiger partial charge in [0.25, 0.3) is 0 Å². The summed E-state index contributed by atoms with van der Waals surface area (Å²) in [7, 11) is 1.38. The summed E-state index contributed by atoms with van der Waals surface area (Å²) in [4.78, 5) is 18.7. The maximum Gasteiger partial charge on any atom is 0.339 e. The Kier molecular flexibility index (Phi) is 6.10. The number of esters is 1. The van der Waals surface area contributed by atoms with Crippen molar-refractivity contribution in [2.24, 2.45) is 5.84 Å². The molecular formula is C24H31N5O3. The minimum Gasteiger partial charge on any atom is -0.465 e. The van der Waals surface area contributed by atoms with E-state index in [0.29, 0.717) is 24.2 Å². The van der Waals surface area contributed by atoms with Gasteiger partial charge in [0.1, 0.15) is 0 Å². The fraction of sp³-hybridized carbons (Fsp3) is 0.500. The molecule has 0 unspecified atom stereocenters. The summed E-state index contributed by atoms with van der Waals surface area (Å²) < 4.78 is 10.4. The number of nitrogens with zero attached hydrogens (tertiary/aromatic N) is 4. The molecule has 0 saturated carbocycles. The van der Waals surface area contributed by atoms with Gasteiger partial charge in [-0.2, -0.15) is 5.12 Å². The van der Waals surface area contributed by atoms with Gasteiger partial charge < -0.3 is 14.4 Å². The molecule has 32 heavy (non-hydrogen) atoms. The Morgan fingerprint density at radius 2 is 1.84 bits per heavy atom. The Hall–Kier alpha value is -2.52. The van der Waals surface area contributed by atoms with Gasteiger partial charge in [-0.25, -0.2) is 4.79 Å². The molecule has 1 aromatic carbocycles. The van der Waals surface area contributed by atoms with Crippen molar-refractivity contribution in [1.29, 1.82) is 0 Å². The summed E-state index contributed by atoms with van der Waals surface area (Å²) in [5, 5.41) is 4.13. The Bertz CT molecular complexity index is 970. The van der Waals surface area contributed by atoms with Gasteiger partial charge in [0.15, 0.2) is 0 Å². The number of methoxy groups -OCH3 is 1. The second-order valence-electron chi connectivity index (χ2n) is 8.85. The normalized spacial score (nSPS) is 21.0. The van der Waals surface area contributed by atoms with Crippen LogP contribution in [0.4, 0.5) is 5.69 Å². The largest absolute Gasteiger partial charge is 0.465 e. The van der Waals surface area contributed by atoms with Crippen molar-refractivity contribution in [2.45, 2.75) is 44.3 Å². The van der Waals surface area contributed by atoms with Gasteiger partial charge in [0.2, 0.25) is 0 Å². The van der Waals surface area contributed by atoms with E-state index in [4.69, 9.17) is 15.3 Å². The summed E-state index contributed by atoms with van der Waals surface area (Å²) in [5.74, 6) is 6.08. The van der Waals surface area contributed by atoms with Crippen LogP contribution in [0.3, 0.4) is 0 Å². The Morgan fingerprint density at radius 1 is 1.06 bits per heavy atom. The number of hydrogen-bond acceptors (Lipinski definition) is 8. The lowest BCUT2D eigenvalue weighted by molar-refractivity contribution is 0.0227. The molecule has 0 spiro atoms. The van der Waals surface area contributed by atoms with Crippen LogP contribution >= 0.6 is 0 Å². The van der Waals surface area contributed by atoms with E-state index < -0.39 is 0 Å². The van der Waals surface area contributed by atoms with Crippen molar-refractivity contribution in [1.82, 2.24) is 15.0 Å². The van der Waals surface area contributed by atoms with Gasteiger partial charge in [0, 0.05) is 56.3 Å². The highest BCUT2D eigenvalue weighted by Gasteiger charge is 2.35. The van der Waals surface area contributed by atoms with Gasteiger partial charge in [-0.3, -0.25) is 15.8 Å². The number of rotatable bonds is 4. The predicted octanol–water partition coefficient (Wildman–Crippen LogP) is 2.59. The van der Waals surface area contributed by atoms with E-state index in [1.807, 2.05) is 11.2 Å². The summed E-state index contributed by atoms with van der Waals surface area (Å²) in [5.41, 5.74) is 4.73. The highest BCUT2D eigenvalue weighted by atomic mass is 16.5. The highest BCUT2D eigenvalue weighted by molar-refractivity contribution is 5.90. The first-order chi connectivity index (χ1) is 15.6. The molecule has 2 N–H and O–H groups in total. The fourth-order valence-electron chi connectivity index (χ4n) is 5.28. The second kappa shape index (κ2) is 9.15. The van der Waals surface area contributed by atoms with E-state index in [9.17, 15) is 4.79 Å². The van der Waals surface area contributed by atoms with Gasteiger partial charge in [0.05, 0.1) is 24.9 Å². The van der Waals surface area contributed by atoms with Crippen LogP contribution in [0.15, 0.2) is 36.7 Å². The first-order valence-corrected chi connectivity index (χ1v) is 11.4. The number of fused-ring (bicyclic) bond motifs is 1.